The van der Waals surface area contributed by atoms with E-state index in [1.165, 1.54) is 17.5 Å². The third kappa shape index (κ3) is 1.70. The van der Waals surface area contributed by atoms with E-state index in [4.69, 9.17) is 5.73 Å². The third-order valence-electron chi connectivity index (χ3n) is 2.06. The zero-order valence-corrected chi connectivity index (χ0v) is 8.74. The van der Waals surface area contributed by atoms with Gasteiger partial charge in [0, 0.05) is 5.38 Å². The maximum atomic E-state index is 13.6. The van der Waals surface area contributed by atoms with Gasteiger partial charge in [-0.25, -0.2) is 13.8 Å². The van der Waals surface area contributed by atoms with E-state index in [0.29, 0.717) is 10.7 Å². The Morgan fingerprint density at radius 3 is 2.67 bits per heavy atom. The summed E-state index contributed by atoms with van der Waals surface area (Å²) in [6.45, 7) is 1.58. The molecule has 0 atom stereocenters. The summed E-state index contributed by atoms with van der Waals surface area (Å²) >= 11 is 1.16. The summed E-state index contributed by atoms with van der Waals surface area (Å²) in [4.78, 5) is 3.86. The molecular formula is C10H8F2N2S. The minimum Gasteiger partial charge on any atom is -0.375 e. The van der Waals surface area contributed by atoms with Gasteiger partial charge in [-0.15, -0.1) is 11.3 Å². The van der Waals surface area contributed by atoms with Crippen LogP contribution in [0.3, 0.4) is 0 Å². The van der Waals surface area contributed by atoms with E-state index < -0.39 is 11.6 Å². The lowest BCUT2D eigenvalue weighted by atomic mass is 10.1. The molecule has 1 heterocycles. The number of anilines is 1. The van der Waals surface area contributed by atoms with Gasteiger partial charge in [-0.1, -0.05) is 6.07 Å². The molecule has 2 aromatic rings. The summed E-state index contributed by atoms with van der Waals surface area (Å²) in [6, 6.07) is 2.62. The molecule has 0 radical (unpaired) electrons. The number of nitrogen functional groups attached to an aromatic ring is 1. The Labute approximate surface area is 89.4 Å². The van der Waals surface area contributed by atoms with Crippen LogP contribution in [-0.4, -0.2) is 4.98 Å². The summed E-state index contributed by atoms with van der Waals surface area (Å²) in [5.74, 6) is -1.20. The maximum absolute atomic E-state index is 13.6. The quantitative estimate of drug-likeness (QED) is 0.811. The van der Waals surface area contributed by atoms with Crippen molar-refractivity contribution in [3.8, 4) is 11.3 Å². The lowest BCUT2D eigenvalue weighted by molar-refractivity contribution is 0.583. The second-order valence-corrected chi connectivity index (χ2v) is 4.01. The Balaban J connectivity index is 2.66. The van der Waals surface area contributed by atoms with Crippen LogP contribution in [0, 0.1) is 18.6 Å². The van der Waals surface area contributed by atoms with Crippen molar-refractivity contribution in [2.24, 2.45) is 0 Å². The first-order valence-corrected chi connectivity index (χ1v) is 5.13. The molecule has 0 spiro atoms. The number of halogens is 2. The molecule has 0 bridgehead atoms. The van der Waals surface area contributed by atoms with Crippen LogP contribution in [-0.2, 0) is 0 Å². The molecular weight excluding hydrogens is 218 g/mol. The van der Waals surface area contributed by atoms with Gasteiger partial charge in [-0.05, 0) is 18.6 Å². The highest BCUT2D eigenvalue weighted by Gasteiger charge is 2.15. The fourth-order valence-corrected chi connectivity index (χ4v) is 1.85. The van der Waals surface area contributed by atoms with E-state index >= 15 is 0 Å². The van der Waals surface area contributed by atoms with Gasteiger partial charge in [0.2, 0.25) is 0 Å². The maximum Gasteiger partial charge on any atom is 0.180 e. The molecule has 0 saturated carbocycles. The lowest BCUT2D eigenvalue weighted by Gasteiger charge is -2.03. The molecule has 0 saturated heterocycles. The molecule has 2 nitrogen and oxygen atoms in total. The largest absolute Gasteiger partial charge is 0.375 e. The first-order chi connectivity index (χ1) is 7.09. The van der Waals surface area contributed by atoms with Crippen LogP contribution in [0.15, 0.2) is 17.5 Å². The van der Waals surface area contributed by atoms with Crippen LogP contribution in [0.5, 0.6) is 0 Å². The molecule has 5 heteroatoms. The summed E-state index contributed by atoms with van der Waals surface area (Å²) in [5, 5.41) is 1.83. The van der Waals surface area contributed by atoms with E-state index in [2.05, 4.69) is 4.98 Å². The first kappa shape index (κ1) is 10.0. The zero-order valence-electron chi connectivity index (χ0n) is 7.92. The van der Waals surface area contributed by atoms with E-state index in [-0.39, 0.29) is 11.3 Å². The van der Waals surface area contributed by atoms with E-state index in [1.54, 1.807) is 6.92 Å². The van der Waals surface area contributed by atoms with Gasteiger partial charge < -0.3 is 5.73 Å². The fraction of sp³-hybridized carbons (Fsp3) is 0.100. The number of aryl methyl sites for hydroxylation is 1. The van der Waals surface area contributed by atoms with Crippen LogP contribution < -0.4 is 5.73 Å². The van der Waals surface area contributed by atoms with Crippen molar-refractivity contribution >= 4 is 16.5 Å². The SMILES string of the molecule is Cc1ccc(F)c(-c2csc(N)n2)c1F. The third-order valence-corrected chi connectivity index (χ3v) is 2.74. The summed E-state index contributed by atoms with van der Waals surface area (Å²) < 4.78 is 27.1. The van der Waals surface area contributed by atoms with Crippen molar-refractivity contribution in [2.45, 2.75) is 6.92 Å². The molecule has 0 aliphatic rings. The zero-order chi connectivity index (χ0) is 11.0. The minimum atomic E-state index is -0.622. The molecule has 0 aliphatic carbocycles. The van der Waals surface area contributed by atoms with Crippen LogP contribution in [0.1, 0.15) is 5.56 Å². The number of benzene rings is 1. The van der Waals surface area contributed by atoms with Crippen LogP contribution in [0.4, 0.5) is 13.9 Å². The average Bonchev–Trinajstić information content (AvgIpc) is 2.59. The van der Waals surface area contributed by atoms with E-state index in [9.17, 15) is 8.78 Å². The summed E-state index contributed by atoms with van der Waals surface area (Å²) in [7, 11) is 0. The van der Waals surface area contributed by atoms with Crippen molar-refractivity contribution in [1.29, 1.82) is 0 Å². The second kappa shape index (κ2) is 3.58. The molecule has 15 heavy (non-hydrogen) atoms. The predicted molar refractivity (Wildman–Crippen MR) is 56.6 cm³/mol. The van der Waals surface area contributed by atoms with Gasteiger partial charge >= 0.3 is 0 Å². The standard InChI is InChI=1S/C10H8F2N2S/c1-5-2-3-6(11)8(9(5)12)7-4-15-10(13)14-7/h2-4H,1H3,(H2,13,14). The van der Waals surface area contributed by atoms with Gasteiger partial charge in [0.25, 0.3) is 0 Å². The smallest absolute Gasteiger partial charge is 0.180 e. The molecule has 1 aromatic heterocycles. The van der Waals surface area contributed by atoms with E-state index in [1.807, 2.05) is 0 Å². The number of hydrogen-bond donors (Lipinski definition) is 1. The van der Waals surface area contributed by atoms with Crippen molar-refractivity contribution in [1.82, 2.24) is 4.98 Å². The number of rotatable bonds is 1. The fourth-order valence-electron chi connectivity index (χ4n) is 1.29. The van der Waals surface area contributed by atoms with Crippen LogP contribution in [0.25, 0.3) is 11.3 Å². The lowest BCUT2D eigenvalue weighted by Crippen LogP contribution is -1.94. The normalized spacial score (nSPS) is 10.6. The summed E-state index contributed by atoms with van der Waals surface area (Å²) in [5.41, 5.74) is 5.94. The number of aromatic nitrogens is 1. The predicted octanol–water partition coefficient (Wildman–Crippen LogP) is 2.98. The van der Waals surface area contributed by atoms with E-state index in [0.717, 1.165) is 11.3 Å². The Morgan fingerprint density at radius 2 is 2.07 bits per heavy atom. The highest BCUT2D eigenvalue weighted by Crippen LogP contribution is 2.29. The van der Waals surface area contributed by atoms with Gasteiger partial charge in [0.15, 0.2) is 5.13 Å². The Morgan fingerprint density at radius 1 is 1.33 bits per heavy atom. The van der Waals surface area contributed by atoms with Gasteiger partial charge in [0.1, 0.15) is 11.6 Å². The first-order valence-electron chi connectivity index (χ1n) is 4.25. The number of thiazole rings is 1. The Bertz CT molecular complexity index is 508. The highest BCUT2D eigenvalue weighted by molar-refractivity contribution is 7.13. The molecule has 2 rings (SSSR count). The monoisotopic (exact) mass is 226 g/mol. The van der Waals surface area contributed by atoms with Crippen molar-refractivity contribution in [2.75, 3.05) is 5.73 Å². The average molecular weight is 226 g/mol. The van der Waals surface area contributed by atoms with Gasteiger partial charge in [-0.3, -0.25) is 0 Å². The van der Waals surface area contributed by atoms with Crippen molar-refractivity contribution in [3.63, 3.8) is 0 Å². The Hall–Kier alpha value is -1.49. The molecule has 0 unspecified atom stereocenters. The molecule has 2 N–H and O–H groups in total. The molecule has 0 fully saturated rings. The topological polar surface area (TPSA) is 38.9 Å². The minimum absolute atomic E-state index is 0.108. The summed E-state index contributed by atoms with van der Waals surface area (Å²) in [6.07, 6.45) is 0. The second-order valence-electron chi connectivity index (χ2n) is 3.12. The van der Waals surface area contributed by atoms with Crippen molar-refractivity contribution in [3.05, 3.63) is 34.7 Å². The Kier molecular flexibility index (Phi) is 2.40. The molecule has 0 aliphatic heterocycles. The molecule has 78 valence electrons. The number of nitrogens with two attached hydrogens (primary N) is 1. The molecule has 0 amide bonds. The number of nitrogens with zero attached hydrogens (tertiary/aromatic N) is 1. The van der Waals surface area contributed by atoms with Gasteiger partial charge in [0.05, 0.1) is 11.3 Å². The highest BCUT2D eigenvalue weighted by atomic mass is 32.1. The van der Waals surface area contributed by atoms with Crippen LogP contribution in [0.2, 0.25) is 0 Å². The van der Waals surface area contributed by atoms with Crippen LogP contribution >= 0.6 is 11.3 Å². The van der Waals surface area contributed by atoms with Gasteiger partial charge in [-0.2, -0.15) is 0 Å². The van der Waals surface area contributed by atoms with Crippen molar-refractivity contribution < 1.29 is 8.78 Å². The molecule has 1 aromatic carbocycles. The number of hydrogen-bond acceptors (Lipinski definition) is 3.